The fourth-order valence-corrected chi connectivity index (χ4v) is 2.58. The van der Waals surface area contributed by atoms with Crippen molar-refractivity contribution < 1.29 is 23.8 Å². The number of benzene rings is 2. The molecule has 1 atom stereocenters. The highest BCUT2D eigenvalue weighted by atomic mass is 16.6. The minimum atomic E-state index is -0.872. The number of esters is 1. The van der Waals surface area contributed by atoms with Crippen molar-refractivity contribution in [3.8, 4) is 11.5 Å². The van der Waals surface area contributed by atoms with Gasteiger partial charge in [-0.3, -0.25) is 4.79 Å². The highest BCUT2D eigenvalue weighted by Gasteiger charge is 2.22. The number of carbonyl (C=O) groups excluding carboxylic acids is 2. The van der Waals surface area contributed by atoms with Crippen molar-refractivity contribution in [1.82, 2.24) is 0 Å². The van der Waals surface area contributed by atoms with Gasteiger partial charge in [0, 0.05) is 5.56 Å². The third kappa shape index (κ3) is 3.65. The highest BCUT2D eigenvalue weighted by molar-refractivity contribution is 6.01. The van der Waals surface area contributed by atoms with Crippen LogP contribution in [-0.2, 0) is 4.74 Å². The van der Waals surface area contributed by atoms with Crippen LogP contribution < -0.4 is 9.47 Å². The number of ketones is 1. The lowest BCUT2D eigenvalue weighted by atomic mass is 10.0. The summed E-state index contributed by atoms with van der Waals surface area (Å²) in [6, 6.07) is 10.3. The zero-order valence-electron chi connectivity index (χ0n) is 14.5. The summed E-state index contributed by atoms with van der Waals surface area (Å²) in [4.78, 5) is 24.8. The molecule has 2 aromatic rings. The van der Waals surface area contributed by atoms with E-state index >= 15 is 0 Å². The van der Waals surface area contributed by atoms with Crippen molar-refractivity contribution in [2.75, 3.05) is 13.2 Å². The second-order valence-corrected chi connectivity index (χ2v) is 6.07. The molecular formula is C20H20O5. The van der Waals surface area contributed by atoms with E-state index in [4.69, 9.17) is 14.2 Å². The Labute approximate surface area is 146 Å². The van der Waals surface area contributed by atoms with E-state index < -0.39 is 12.1 Å². The number of hydrogen-bond donors (Lipinski definition) is 0. The van der Waals surface area contributed by atoms with Gasteiger partial charge in [0.25, 0.3) is 0 Å². The van der Waals surface area contributed by atoms with Gasteiger partial charge in [-0.15, -0.1) is 0 Å². The molecule has 0 aliphatic carbocycles. The van der Waals surface area contributed by atoms with Gasteiger partial charge in [-0.05, 0) is 56.2 Å². The molecule has 25 heavy (non-hydrogen) atoms. The van der Waals surface area contributed by atoms with Crippen LogP contribution in [0.3, 0.4) is 0 Å². The van der Waals surface area contributed by atoms with E-state index in [1.807, 2.05) is 26.0 Å². The monoisotopic (exact) mass is 340 g/mol. The maximum Gasteiger partial charge on any atom is 0.338 e. The molecule has 0 radical (unpaired) electrons. The first-order valence-electron chi connectivity index (χ1n) is 8.18. The van der Waals surface area contributed by atoms with Gasteiger partial charge in [0.1, 0.15) is 13.2 Å². The number of rotatable bonds is 4. The Hall–Kier alpha value is -2.82. The number of ether oxygens (including phenoxy) is 3. The molecule has 0 amide bonds. The molecule has 5 heteroatoms. The molecule has 0 N–H and O–H groups in total. The average Bonchev–Trinajstić information content (AvgIpc) is 2.62. The van der Waals surface area contributed by atoms with Crippen molar-refractivity contribution in [3.63, 3.8) is 0 Å². The number of Topliss-reactive ketones (excluding diaryl/α,β-unsaturated/α-hetero) is 1. The van der Waals surface area contributed by atoms with Gasteiger partial charge >= 0.3 is 5.97 Å². The van der Waals surface area contributed by atoms with E-state index in [1.165, 1.54) is 0 Å². The van der Waals surface area contributed by atoms with Crippen LogP contribution in [0.1, 0.15) is 38.8 Å². The van der Waals surface area contributed by atoms with Gasteiger partial charge < -0.3 is 14.2 Å². The first-order chi connectivity index (χ1) is 12.0. The molecule has 1 aliphatic rings. The molecule has 5 nitrogen and oxygen atoms in total. The molecule has 2 aromatic carbocycles. The molecular weight excluding hydrogens is 320 g/mol. The van der Waals surface area contributed by atoms with Gasteiger partial charge in [-0.1, -0.05) is 12.1 Å². The largest absolute Gasteiger partial charge is 0.486 e. The molecule has 1 heterocycles. The topological polar surface area (TPSA) is 61.8 Å². The maximum absolute atomic E-state index is 12.5. The summed E-state index contributed by atoms with van der Waals surface area (Å²) in [5, 5.41) is 0. The zero-order valence-corrected chi connectivity index (χ0v) is 14.5. The van der Waals surface area contributed by atoms with Crippen molar-refractivity contribution in [1.29, 1.82) is 0 Å². The maximum atomic E-state index is 12.5. The molecule has 3 rings (SSSR count). The predicted molar refractivity (Wildman–Crippen MR) is 92.6 cm³/mol. The van der Waals surface area contributed by atoms with Crippen molar-refractivity contribution in [2.45, 2.75) is 26.9 Å². The summed E-state index contributed by atoms with van der Waals surface area (Å²) < 4.78 is 16.2. The lowest BCUT2D eigenvalue weighted by Crippen LogP contribution is -2.24. The van der Waals surface area contributed by atoms with Gasteiger partial charge in [0.15, 0.2) is 17.6 Å². The molecule has 0 bridgehead atoms. The second-order valence-electron chi connectivity index (χ2n) is 6.07. The van der Waals surface area contributed by atoms with Gasteiger partial charge in [0.2, 0.25) is 5.78 Å². The van der Waals surface area contributed by atoms with Gasteiger partial charge in [0.05, 0.1) is 5.56 Å². The molecule has 0 unspecified atom stereocenters. The Morgan fingerprint density at radius 3 is 2.32 bits per heavy atom. The lowest BCUT2D eigenvalue weighted by molar-refractivity contribution is 0.0318. The van der Waals surface area contributed by atoms with Crippen LogP contribution in [0.5, 0.6) is 11.5 Å². The lowest BCUT2D eigenvalue weighted by Gasteiger charge is -2.19. The Bertz CT molecular complexity index is 825. The number of carbonyl (C=O) groups is 2. The van der Waals surface area contributed by atoms with Gasteiger partial charge in [-0.2, -0.15) is 0 Å². The molecule has 0 aromatic heterocycles. The quantitative estimate of drug-likeness (QED) is 0.630. The van der Waals surface area contributed by atoms with E-state index in [9.17, 15) is 9.59 Å². The molecule has 0 fully saturated rings. The van der Waals surface area contributed by atoms with Crippen LogP contribution in [0.4, 0.5) is 0 Å². The fourth-order valence-electron chi connectivity index (χ4n) is 2.58. The molecule has 1 aliphatic heterocycles. The summed E-state index contributed by atoms with van der Waals surface area (Å²) in [5.74, 6) is 0.312. The summed E-state index contributed by atoms with van der Waals surface area (Å²) in [5.41, 5.74) is 2.99. The van der Waals surface area contributed by atoms with Crippen LogP contribution in [0.2, 0.25) is 0 Å². The van der Waals surface area contributed by atoms with Crippen LogP contribution in [-0.4, -0.2) is 31.1 Å². The minimum Gasteiger partial charge on any atom is -0.486 e. The standard InChI is InChI=1S/C20H20O5/c1-12-4-5-15(10-13(12)2)19(21)14(3)25-20(22)16-6-7-17-18(11-16)24-9-8-23-17/h4-7,10-11,14H,8-9H2,1-3H3/t14-/m0/s1. The van der Waals surface area contributed by atoms with E-state index in [0.29, 0.717) is 35.8 Å². The van der Waals surface area contributed by atoms with Gasteiger partial charge in [-0.25, -0.2) is 4.79 Å². The van der Waals surface area contributed by atoms with Crippen molar-refractivity contribution >= 4 is 11.8 Å². The predicted octanol–water partition coefficient (Wildman–Crippen LogP) is 3.50. The molecule has 0 spiro atoms. The third-order valence-electron chi connectivity index (χ3n) is 4.22. The molecule has 130 valence electrons. The Morgan fingerprint density at radius 1 is 0.920 bits per heavy atom. The summed E-state index contributed by atoms with van der Waals surface area (Å²) in [6.45, 7) is 6.42. The summed E-state index contributed by atoms with van der Waals surface area (Å²) >= 11 is 0. The van der Waals surface area contributed by atoms with Crippen LogP contribution in [0.15, 0.2) is 36.4 Å². The first kappa shape index (κ1) is 17.0. The second kappa shape index (κ2) is 6.97. The third-order valence-corrected chi connectivity index (χ3v) is 4.22. The van der Waals surface area contributed by atoms with Crippen LogP contribution in [0, 0.1) is 13.8 Å². The first-order valence-corrected chi connectivity index (χ1v) is 8.18. The van der Waals surface area contributed by atoms with Crippen LogP contribution >= 0.6 is 0 Å². The smallest absolute Gasteiger partial charge is 0.338 e. The van der Waals surface area contributed by atoms with E-state index in [1.54, 1.807) is 31.2 Å². The average molecular weight is 340 g/mol. The number of hydrogen-bond acceptors (Lipinski definition) is 5. The Balaban J connectivity index is 1.71. The molecule has 0 saturated carbocycles. The van der Waals surface area contributed by atoms with Crippen molar-refractivity contribution in [3.05, 3.63) is 58.7 Å². The number of fused-ring (bicyclic) bond motifs is 1. The Kier molecular flexibility index (Phi) is 4.74. The minimum absolute atomic E-state index is 0.228. The van der Waals surface area contributed by atoms with Crippen LogP contribution in [0.25, 0.3) is 0 Å². The summed E-state index contributed by atoms with van der Waals surface area (Å²) in [6.07, 6.45) is -0.872. The Morgan fingerprint density at radius 2 is 1.60 bits per heavy atom. The molecule has 0 saturated heterocycles. The fraction of sp³-hybridized carbons (Fsp3) is 0.300. The van der Waals surface area contributed by atoms with E-state index in [2.05, 4.69) is 0 Å². The van der Waals surface area contributed by atoms with E-state index in [0.717, 1.165) is 11.1 Å². The normalized spacial score (nSPS) is 13.9. The van der Waals surface area contributed by atoms with E-state index in [-0.39, 0.29) is 5.78 Å². The highest BCUT2D eigenvalue weighted by Crippen LogP contribution is 2.31. The number of aryl methyl sites for hydroxylation is 2. The zero-order chi connectivity index (χ0) is 18.0. The van der Waals surface area contributed by atoms with Crippen molar-refractivity contribution in [2.24, 2.45) is 0 Å². The SMILES string of the molecule is Cc1ccc(C(=O)[C@H](C)OC(=O)c2ccc3c(c2)OCCO3)cc1C. The summed E-state index contributed by atoms with van der Waals surface area (Å²) in [7, 11) is 0.